The van der Waals surface area contributed by atoms with Crippen molar-refractivity contribution in [1.82, 2.24) is 0 Å². The molecule has 1 aliphatic rings. The Balaban J connectivity index is 2.19. The standard InChI is InChI=1S/C14H17ClO5S/c1-3-19-13(16)9-14(2)7-6-10-8-11(21(15,17)18)4-5-12(10)20-14/h4-5,8H,3,6-7,9H2,1-2H3. The maximum absolute atomic E-state index is 11.6. The number of esters is 1. The highest BCUT2D eigenvalue weighted by Gasteiger charge is 2.34. The first-order valence-corrected chi connectivity index (χ1v) is 8.97. The number of carbonyl (C=O) groups is 1. The molecule has 0 fully saturated rings. The first-order valence-electron chi connectivity index (χ1n) is 6.66. The molecule has 21 heavy (non-hydrogen) atoms. The van der Waals surface area contributed by atoms with Gasteiger partial charge in [-0.3, -0.25) is 4.79 Å². The summed E-state index contributed by atoms with van der Waals surface area (Å²) in [6.45, 7) is 3.94. The summed E-state index contributed by atoms with van der Waals surface area (Å²) < 4.78 is 33.5. The van der Waals surface area contributed by atoms with Gasteiger partial charge in [0.05, 0.1) is 17.9 Å². The summed E-state index contributed by atoms with van der Waals surface area (Å²) in [7, 11) is 1.58. The van der Waals surface area contributed by atoms with Gasteiger partial charge in [0.1, 0.15) is 11.4 Å². The Morgan fingerprint density at radius 2 is 2.19 bits per heavy atom. The minimum absolute atomic E-state index is 0.0560. The topological polar surface area (TPSA) is 69.7 Å². The predicted molar refractivity (Wildman–Crippen MR) is 78.1 cm³/mol. The van der Waals surface area contributed by atoms with Gasteiger partial charge in [-0.25, -0.2) is 8.42 Å². The molecular weight excluding hydrogens is 316 g/mol. The van der Waals surface area contributed by atoms with Crippen LogP contribution in [0.15, 0.2) is 23.1 Å². The lowest BCUT2D eigenvalue weighted by Crippen LogP contribution is -2.39. The van der Waals surface area contributed by atoms with Crippen molar-refractivity contribution in [2.75, 3.05) is 6.61 Å². The third-order valence-electron chi connectivity index (χ3n) is 3.42. The maximum Gasteiger partial charge on any atom is 0.309 e. The average Bonchev–Trinajstić information content (AvgIpc) is 2.36. The fourth-order valence-electron chi connectivity index (χ4n) is 2.36. The largest absolute Gasteiger partial charge is 0.487 e. The van der Waals surface area contributed by atoms with Crippen LogP contribution >= 0.6 is 10.7 Å². The van der Waals surface area contributed by atoms with Crippen molar-refractivity contribution in [1.29, 1.82) is 0 Å². The summed E-state index contributed by atoms with van der Waals surface area (Å²) in [4.78, 5) is 11.7. The zero-order valence-corrected chi connectivity index (χ0v) is 13.5. The maximum atomic E-state index is 11.6. The van der Waals surface area contributed by atoms with Gasteiger partial charge in [0.15, 0.2) is 0 Å². The molecule has 1 aromatic carbocycles. The van der Waals surface area contributed by atoms with Crippen LogP contribution in [0.3, 0.4) is 0 Å². The molecule has 0 spiro atoms. The molecule has 1 aromatic rings. The van der Waals surface area contributed by atoms with Crippen molar-refractivity contribution in [3.8, 4) is 5.75 Å². The summed E-state index contributed by atoms with van der Waals surface area (Å²) in [5.41, 5.74) is 0.138. The van der Waals surface area contributed by atoms with Crippen LogP contribution in [0.4, 0.5) is 0 Å². The Morgan fingerprint density at radius 3 is 2.81 bits per heavy atom. The Hall–Kier alpha value is -1.27. The van der Waals surface area contributed by atoms with Crippen molar-refractivity contribution in [2.45, 2.75) is 43.6 Å². The molecule has 2 rings (SSSR count). The third kappa shape index (κ3) is 3.89. The summed E-state index contributed by atoms with van der Waals surface area (Å²) in [5, 5.41) is 0. The molecular formula is C14H17ClO5S. The minimum Gasteiger partial charge on any atom is -0.487 e. The number of fused-ring (bicyclic) bond motifs is 1. The number of ether oxygens (including phenoxy) is 2. The molecule has 1 unspecified atom stereocenters. The van der Waals surface area contributed by atoms with Crippen LogP contribution in [0.25, 0.3) is 0 Å². The molecule has 0 radical (unpaired) electrons. The van der Waals surface area contributed by atoms with Crippen LogP contribution in [0.5, 0.6) is 5.75 Å². The normalized spacial score (nSPS) is 21.3. The van der Waals surface area contributed by atoms with Gasteiger partial charge in [-0.05, 0) is 50.5 Å². The Morgan fingerprint density at radius 1 is 1.48 bits per heavy atom. The van der Waals surface area contributed by atoms with E-state index in [4.69, 9.17) is 20.2 Å². The van der Waals surface area contributed by atoms with E-state index in [9.17, 15) is 13.2 Å². The fraction of sp³-hybridized carbons (Fsp3) is 0.500. The second-order valence-electron chi connectivity index (χ2n) is 5.24. The van der Waals surface area contributed by atoms with Gasteiger partial charge in [0, 0.05) is 10.7 Å². The van der Waals surface area contributed by atoms with Crippen LogP contribution in [0, 0.1) is 0 Å². The molecule has 0 aliphatic carbocycles. The van der Waals surface area contributed by atoms with E-state index < -0.39 is 14.7 Å². The van der Waals surface area contributed by atoms with E-state index in [1.54, 1.807) is 13.0 Å². The summed E-state index contributed by atoms with van der Waals surface area (Å²) in [5.74, 6) is 0.278. The number of benzene rings is 1. The molecule has 1 atom stereocenters. The lowest BCUT2D eigenvalue weighted by Gasteiger charge is -2.35. The van der Waals surface area contributed by atoms with E-state index in [1.165, 1.54) is 12.1 Å². The SMILES string of the molecule is CCOC(=O)CC1(C)CCc2cc(S(=O)(=O)Cl)ccc2O1. The van der Waals surface area contributed by atoms with Crippen molar-refractivity contribution in [3.63, 3.8) is 0 Å². The molecule has 5 nitrogen and oxygen atoms in total. The molecule has 0 aromatic heterocycles. The zero-order valence-electron chi connectivity index (χ0n) is 11.9. The van der Waals surface area contributed by atoms with Gasteiger partial charge in [0.25, 0.3) is 9.05 Å². The second-order valence-corrected chi connectivity index (χ2v) is 7.81. The number of hydrogen-bond acceptors (Lipinski definition) is 5. The first-order chi connectivity index (χ1) is 9.73. The predicted octanol–water partition coefficient (Wildman–Crippen LogP) is 2.65. The summed E-state index contributed by atoms with van der Waals surface area (Å²) in [6.07, 6.45) is 1.38. The van der Waals surface area contributed by atoms with Crippen molar-refractivity contribution < 1.29 is 22.7 Å². The van der Waals surface area contributed by atoms with E-state index in [0.717, 1.165) is 5.56 Å². The number of halogens is 1. The second kappa shape index (κ2) is 5.85. The van der Waals surface area contributed by atoms with Gasteiger partial charge in [0.2, 0.25) is 0 Å². The third-order valence-corrected chi connectivity index (χ3v) is 4.77. The lowest BCUT2D eigenvalue weighted by molar-refractivity contribution is -0.147. The van der Waals surface area contributed by atoms with Crippen LogP contribution in [0.2, 0.25) is 0 Å². The molecule has 116 valence electrons. The molecule has 0 bridgehead atoms. The van der Waals surface area contributed by atoms with Gasteiger partial charge in [-0.2, -0.15) is 0 Å². The summed E-state index contributed by atoms with van der Waals surface area (Å²) >= 11 is 0. The van der Waals surface area contributed by atoms with Crippen molar-refractivity contribution >= 4 is 25.7 Å². The van der Waals surface area contributed by atoms with E-state index >= 15 is 0 Å². The molecule has 0 saturated carbocycles. The van der Waals surface area contributed by atoms with Crippen LogP contribution in [-0.2, 0) is 25.0 Å². The van der Waals surface area contributed by atoms with Gasteiger partial charge in [-0.15, -0.1) is 0 Å². The Bertz CT molecular complexity index is 655. The molecule has 0 amide bonds. The molecule has 1 heterocycles. The number of rotatable bonds is 4. The van der Waals surface area contributed by atoms with E-state index in [-0.39, 0.29) is 17.3 Å². The van der Waals surface area contributed by atoms with Crippen LogP contribution in [0.1, 0.15) is 32.3 Å². The lowest BCUT2D eigenvalue weighted by atomic mass is 9.90. The highest BCUT2D eigenvalue weighted by Crippen LogP contribution is 2.36. The van der Waals surface area contributed by atoms with E-state index in [2.05, 4.69) is 0 Å². The minimum atomic E-state index is -3.75. The number of aryl methyl sites for hydroxylation is 1. The quantitative estimate of drug-likeness (QED) is 0.626. The zero-order chi connectivity index (χ0) is 15.7. The van der Waals surface area contributed by atoms with Gasteiger partial charge in [-0.1, -0.05) is 0 Å². The smallest absolute Gasteiger partial charge is 0.309 e. The Labute approximate surface area is 128 Å². The molecule has 7 heteroatoms. The van der Waals surface area contributed by atoms with E-state index in [0.29, 0.717) is 25.2 Å². The highest BCUT2D eigenvalue weighted by molar-refractivity contribution is 8.13. The number of carbonyl (C=O) groups excluding carboxylic acids is 1. The average molecular weight is 333 g/mol. The van der Waals surface area contributed by atoms with Gasteiger partial charge >= 0.3 is 5.97 Å². The van der Waals surface area contributed by atoms with Crippen molar-refractivity contribution in [3.05, 3.63) is 23.8 Å². The number of hydrogen-bond donors (Lipinski definition) is 0. The molecule has 0 saturated heterocycles. The Kier molecular flexibility index (Phi) is 4.49. The van der Waals surface area contributed by atoms with Crippen LogP contribution < -0.4 is 4.74 Å². The summed E-state index contributed by atoms with van der Waals surface area (Å²) in [6, 6.07) is 4.49. The van der Waals surface area contributed by atoms with Crippen LogP contribution in [-0.4, -0.2) is 26.6 Å². The van der Waals surface area contributed by atoms with Gasteiger partial charge < -0.3 is 9.47 Å². The monoisotopic (exact) mass is 332 g/mol. The molecule has 0 N–H and O–H groups in total. The van der Waals surface area contributed by atoms with E-state index in [1.807, 2.05) is 6.92 Å². The fourth-order valence-corrected chi connectivity index (χ4v) is 3.16. The van der Waals surface area contributed by atoms with Crippen molar-refractivity contribution in [2.24, 2.45) is 0 Å². The highest BCUT2D eigenvalue weighted by atomic mass is 35.7. The molecule has 1 aliphatic heterocycles. The first kappa shape index (κ1) is 16.1.